The molecule has 190 valence electrons. The molecule has 0 bridgehead atoms. The Morgan fingerprint density at radius 3 is 2.15 bits per heavy atom. The topological polar surface area (TPSA) is 44.1 Å². The number of hydrogen-bond donors (Lipinski definition) is 0. The van der Waals surface area contributed by atoms with Crippen LogP contribution in [0.3, 0.4) is 0 Å². The minimum atomic E-state index is 0.525. The summed E-state index contributed by atoms with van der Waals surface area (Å²) in [5.41, 5.74) is 9.22. The summed E-state index contributed by atoms with van der Waals surface area (Å²) < 4.78 is 15.1. The number of rotatable bonds is 4. The highest BCUT2D eigenvalue weighted by atomic mass is 16.4. The number of aromatic nitrogens is 2. The Bertz CT molecular complexity index is 2260. The Labute approximate surface area is 230 Å². The lowest BCUT2D eigenvalue weighted by Gasteiger charge is -2.04. The average molecular weight is 517 g/mol. The molecule has 5 aromatic carbocycles. The van der Waals surface area contributed by atoms with Crippen LogP contribution in [0.15, 0.2) is 125 Å². The predicted molar refractivity (Wildman–Crippen MR) is 165 cm³/mol. The fraction of sp³-hybridized carbons (Fsp3) is 0.0278. The van der Waals surface area contributed by atoms with Gasteiger partial charge in [0.2, 0.25) is 0 Å². The first-order valence-corrected chi connectivity index (χ1v) is 13.3. The molecule has 0 fully saturated rings. The van der Waals surface area contributed by atoms with E-state index < -0.39 is 0 Å². The second-order valence-corrected chi connectivity index (χ2v) is 10.2. The fourth-order valence-corrected chi connectivity index (χ4v) is 5.78. The van der Waals surface area contributed by atoms with Crippen molar-refractivity contribution in [3.8, 4) is 6.01 Å². The molecule has 0 unspecified atom stereocenters. The SMILES string of the molecule is C=C(/C=C\c1ccccc1C)c1cc2oc(-n3c4ccccc4c4ccccc43)nc2c2c1oc1ccccc12. The van der Waals surface area contributed by atoms with Crippen LogP contribution >= 0.6 is 0 Å². The van der Waals surface area contributed by atoms with Crippen LogP contribution in [-0.2, 0) is 0 Å². The van der Waals surface area contributed by atoms with Gasteiger partial charge in [-0.15, -0.1) is 0 Å². The molecule has 0 N–H and O–H groups in total. The van der Waals surface area contributed by atoms with E-state index in [-0.39, 0.29) is 0 Å². The second-order valence-electron chi connectivity index (χ2n) is 10.2. The molecule has 0 aliphatic rings. The second kappa shape index (κ2) is 8.58. The van der Waals surface area contributed by atoms with Gasteiger partial charge in [-0.05, 0) is 47.9 Å². The summed E-state index contributed by atoms with van der Waals surface area (Å²) in [6.07, 6.45) is 4.14. The van der Waals surface area contributed by atoms with E-state index in [0.29, 0.717) is 11.6 Å². The molecule has 8 aromatic rings. The van der Waals surface area contributed by atoms with Crippen LogP contribution in [0.5, 0.6) is 0 Å². The van der Waals surface area contributed by atoms with E-state index in [9.17, 15) is 0 Å². The van der Waals surface area contributed by atoms with Crippen molar-refractivity contribution in [2.75, 3.05) is 0 Å². The highest BCUT2D eigenvalue weighted by Crippen LogP contribution is 2.41. The third kappa shape index (κ3) is 3.29. The van der Waals surface area contributed by atoms with Crippen molar-refractivity contribution in [3.63, 3.8) is 0 Å². The van der Waals surface area contributed by atoms with E-state index >= 15 is 0 Å². The van der Waals surface area contributed by atoms with E-state index in [0.717, 1.165) is 66.0 Å². The first kappa shape index (κ1) is 22.6. The first-order valence-electron chi connectivity index (χ1n) is 13.3. The molecule has 0 spiro atoms. The number of fused-ring (bicyclic) bond motifs is 8. The normalized spacial score (nSPS) is 12.1. The van der Waals surface area contributed by atoms with Gasteiger partial charge in [0.25, 0.3) is 0 Å². The third-order valence-corrected chi connectivity index (χ3v) is 7.76. The Morgan fingerprint density at radius 2 is 1.40 bits per heavy atom. The van der Waals surface area contributed by atoms with E-state index in [1.807, 2.05) is 54.6 Å². The zero-order valence-corrected chi connectivity index (χ0v) is 21.9. The number of nitrogens with zero attached hydrogens (tertiary/aromatic N) is 2. The molecule has 40 heavy (non-hydrogen) atoms. The number of furan rings is 1. The van der Waals surface area contributed by atoms with E-state index in [4.69, 9.17) is 13.8 Å². The van der Waals surface area contributed by atoms with E-state index in [1.54, 1.807) is 0 Å². The highest BCUT2D eigenvalue weighted by molar-refractivity contribution is 6.20. The van der Waals surface area contributed by atoms with Gasteiger partial charge in [0, 0.05) is 21.7 Å². The lowest BCUT2D eigenvalue weighted by Crippen LogP contribution is -1.93. The van der Waals surface area contributed by atoms with Gasteiger partial charge in [0.15, 0.2) is 5.58 Å². The summed E-state index contributed by atoms with van der Waals surface area (Å²) in [7, 11) is 0. The van der Waals surface area contributed by atoms with Crippen molar-refractivity contribution >= 4 is 66.5 Å². The van der Waals surface area contributed by atoms with Crippen LogP contribution in [0.4, 0.5) is 0 Å². The van der Waals surface area contributed by atoms with Gasteiger partial charge in [-0.25, -0.2) is 0 Å². The van der Waals surface area contributed by atoms with Gasteiger partial charge < -0.3 is 8.83 Å². The van der Waals surface area contributed by atoms with Crippen molar-refractivity contribution in [2.45, 2.75) is 6.92 Å². The van der Waals surface area contributed by atoms with E-state index in [1.165, 1.54) is 5.56 Å². The first-order chi connectivity index (χ1) is 19.7. The number of benzene rings is 5. The summed E-state index contributed by atoms with van der Waals surface area (Å²) in [6.45, 7) is 6.53. The number of oxazole rings is 1. The lowest BCUT2D eigenvalue weighted by molar-refractivity contribution is 0.574. The average Bonchev–Trinajstić information content (AvgIpc) is 3.67. The van der Waals surface area contributed by atoms with Crippen molar-refractivity contribution in [1.82, 2.24) is 9.55 Å². The van der Waals surface area contributed by atoms with Crippen LogP contribution < -0.4 is 0 Å². The zero-order chi connectivity index (χ0) is 26.8. The molecule has 0 aliphatic heterocycles. The van der Waals surface area contributed by atoms with Gasteiger partial charge in [0.1, 0.15) is 16.7 Å². The molecule has 0 aliphatic carbocycles. The summed E-state index contributed by atoms with van der Waals surface area (Å²) in [5.74, 6) is 0. The molecule has 4 nitrogen and oxygen atoms in total. The molecule has 3 aromatic heterocycles. The molecular weight excluding hydrogens is 492 g/mol. The monoisotopic (exact) mass is 516 g/mol. The summed E-state index contributed by atoms with van der Waals surface area (Å²) in [5, 5.41) is 4.26. The minimum absolute atomic E-state index is 0.525. The Balaban J connectivity index is 1.40. The van der Waals surface area contributed by atoms with Crippen LogP contribution in [-0.4, -0.2) is 9.55 Å². The Morgan fingerprint density at radius 1 is 0.750 bits per heavy atom. The van der Waals surface area contributed by atoms with Gasteiger partial charge in [-0.1, -0.05) is 97.6 Å². The predicted octanol–water partition coefficient (Wildman–Crippen LogP) is 9.86. The zero-order valence-electron chi connectivity index (χ0n) is 21.9. The molecule has 0 saturated heterocycles. The van der Waals surface area contributed by atoms with Gasteiger partial charge in [-0.2, -0.15) is 4.98 Å². The summed E-state index contributed by atoms with van der Waals surface area (Å²) in [4.78, 5) is 5.10. The van der Waals surface area contributed by atoms with Crippen molar-refractivity contribution < 1.29 is 8.83 Å². The summed E-state index contributed by atoms with van der Waals surface area (Å²) in [6, 6.07) is 35.6. The van der Waals surface area contributed by atoms with Crippen LogP contribution in [0, 0.1) is 6.92 Å². The van der Waals surface area contributed by atoms with Crippen molar-refractivity contribution in [3.05, 3.63) is 132 Å². The maximum Gasteiger partial charge on any atom is 0.307 e. The fourth-order valence-electron chi connectivity index (χ4n) is 5.78. The molecule has 0 amide bonds. The van der Waals surface area contributed by atoms with Gasteiger partial charge in [-0.3, -0.25) is 4.57 Å². The van der Waals surface area contributed by atoms with Gasteiger partial charge >= 0.3 is 6.01 Å². The number of hydrogen-bond acceptors (Lipinski definition) is 3. The third-order valence-electron chi connectivity index (χ3n) is 7.76. The van der Waals surface area contributed by atoms with Crippen molar-refractivity contribution in [2.24, 2.45) is 0 Å². The van der Waals surface area contributed by atoms with Crippen molar-refractivity contribution in [1.29, 1.82) is 0 Å². The molecule has 8 rings (SSSR count). The maximum absolute atomic E-state index is 6.57. The van der Waals surface area contributed by atoms with Crippen LogP contribution in [0.2, 0.25) is 0 Å². The Hall–Kier alpha value is -5.35. The van der Waals surface area contributed by atoms with Crippen LogP contribution in [0.25, 0.3) is 72.5 Å². The highest BCUT2D eigenvalue weighted by Gasteiger charge is 2.22. The van der Waals surface area contributed by atoms with Gasteiger partial charge in [0.05, 0.1) is 16.4 Å². The molecular formula is C36H24N2O2. The number of para-hydroxylation sites is 3. The largest absolute Gasteiger partial charge is 0.455 e. The van der Waals surface area contributed by atoms with Crippen LogP contribution in [0.1, 0.15) is 16.7 Å². The standard InChI is InChI=1S/C36H24N2O2/c1-22-11-3-4-12-24(22)20-19-23(2)28-21-32-34(33-27-15-7-10-18-31(27)39-35(28)33)37-36(40-32)38-29-16-8-5-13-25(29)26-14-6-9-17-30(26)38/h3-21H,2H2,1H3/b20-19-. The molecule has 0 radical (unpaired) electrons. The smallest absolute Gasteiger partial charge is 0.307 e. The maximum atomic E-state index is 6.57. The minimum Gasteiger partial charge on any atom is -0.455 e. The number of allylic oxidation sites excluding steroid dienone is 2. The molecule has 0 atom stereocenters. The Kier molecular flexibility index (Phi) is 4.85. The molecule has 4 heteroatoms. The lowest BCUT2D eigenvalue weighted by atomic mass is 10.0. The quantitative estimate of drug-likeness (QED) is 0.219. The molecule has 3 heterocycles. The summed E-state index contributed by atoms with van der Waals surface area (Å²) >= 11 is 0. The molecule has 0 saturated carbocycles. The van der Waals surface area contributed by atoms with E-state index in [2.05, 4.69) is 78.7 Å². The number of aryl methyl sites for hydroxylation is 1.